The van der Waals surface area contributed by atoms with E-state index >= 15 is 0 Å². The van der Waals surface area contributed by atoms with Gasteiger partial charge in [0.05, 0.1) is 33.5 Å². The van der Waals surface area contributed by atoms with Crippen molar-refractivity contribution in [1.29, 1.82) is 5.41 Å². The number of rotatable bonds is 6. The van der Waals surface area contributed by atoms with Crippen molar-refractivity contribution < 1.29 is 14.0 Å². The van der Waals surface area contributed by atoms with E-state index in [1.54, 1.807) is 14.7 Å². The fourth-order valence-corrected chi connectivity index (χ4v) is 6.60. The van der Waals surface area contributed by atoms with Crippen molar-refractivity contribution in [1.82, 2.24) is 24.7 Å². The molecule has 14 heteroatoms. The number of nitrogens with zero attached hydrogens (tertiary/aromatic N) is 5. The minimum Gasteiger partial charge on any atom is -0.370 e. The molecule has 2 aromatic heterocycles. The second kappa shape index (κ2) is 10.6. The van der Waals surface area contributed by atoms with Gasteiger partial charge in [0, 0.05) is 44.8 Å². The molecule has 2 amide bonds. The Morgan fingerprint density at radius 2 is 1.41 bits per heavy atom. The molecule has 4 heterocycles. The number of aromatic nitrogens is 2. The lowest BCUT2D eigenvalue weighted by molar-refractivity contribution is -0.131. The highest BCUT2D eigenvalue weighted by Gasteiger charge is 2.23. The number of anilines is 2. The number of carbonyl (C=O) groups is 2. The first-order valence-corrected chi connectivity index (χ1v) is 13.9. The van der Waals surface area contributed by atoms with E-state index in [1.807, 2.05) is 13.0 Å². The Morgan fingerprint density at radius 1 is 0.946 bits per heavy atom. The zero-order valence-corrected chi connectivity index (χ0v) is 22.2. The van der Waals surface area contributed by atoms with Crippen molar-refractivity contribution in [3.05, 3.63) is 11.6 Å². The first kappa shape index (κ1) is 25.4. The van der Waals surface area contributed by atoms with E-state index < -0.39 is 6.17 Å². The van der Waals surface area contributed by atoms with Crippen LogP contribution in [-0.2, 0) is 9.59 Å². The Morgan fingerprint density at radius 3 is 1.89 bits per heavy atom. The second-order valence-corrected chi connectivity index (χ2v) is 11.3. The number of aryl methyl sites for hydroxylation is 1. The first-order chi connectivity index (χ1) is 17.8. The number of piperazine rings is 1. The Kier molecular flexibility index (Phi) is 7.29. The Bertz CT molecular complexity index is 1330. The summed E-state index contributed by atoms with van der Waals surface area (Å²) in [6, 6.07) is 2.04. The number of likely N-dealkylation sites (tertiary alicyclic amines) is 1. The molecule has 37 heavy (non-hydrogen) atoms. The summed E-state index contributed by atoms with van der Waals surface area (Å²) < 4.78 is 15.3. The van der Waals surface area contributed by atoms with Gasteiger partial charge in [0.1, 0.15) is 6.17 Å². The predicted octanol–water partition coefficient (Wildman–Crippen LogP) is 2.04. The standard InChI is InChI=1S/C23H30FN9O2S2/c1-13-19-15(36-22(29-19)27-11-17(34)31-4-2-14(24)3-5-31)10-16-20(13)30-23(37-16)28-12-18(35)32-6-8-33(9-7-32)21(25)26/h10,14H,2-9,11-12H2,1H3,(H3,25,26)(H,27,29)(H,28,30). The second-order valence-electron chi connectivity index (χ2n) is 9.25. The maximum Gasteiger partial charge on any atom is 0.242 e. The van der Waals surface area contributed by atoms with Crippen LogP contribution in [0, 0.1) is 12.3 Å². The molecule has 5 rings (SSSR count). The molecule has 11 nitrogen and oxygen atoms in total. The lowest BCUT2D eigenvalue weighted by atomic mass is 10.1. The highest BCUT2D eigenvalue weighted by Crippen LogP contribution is 2.37. The van der Waals surface area contributed by atoms with E-state index in [4.69, 9.17) is 16.1 Å². The lowest BCUT2D eigenvalue weighted by Gasteiger charge is -2.34. The summed E-state index contributed by atoms with van der Waals surface area (Å²) in [6.45, 7) is 5.39. The first-order valence-electron chi connectivity index (χ1n) is 12.3. The van der Waals surface area contributed by atoms with Crippen molar-refractivity contribution in [3.63, 3.8) is 0 Å². The van der Waals surface area contributed by atoms with Gasteiger partial charge in [-0.15, -0.1) is 0 Å². The van der Waals surface area contributed by atoms with E-state index in [9.17, 15) is 14.0 Å². The number of nitrogens with two attached hydrogens (primary N) is 1. The molecule has 0 unspecified atom stereocenters. The fraction of sp³-hybridized carbons (Fsp3) is 0.522. The van der Waals surface area contributed by atoms with Crippen LogP contribution in [0.25, 0.3) is 20.4 Å². The largest absolute Gasteiger partial charge is 0.370 e. The molecule has 5 N–H and O–H groups in total. The number of hydrogen-bond donors (Lipinski definition) is 4. The van der Waals surface area contributed by atoms with E-state index in [1.165, 1.54) is 22.7 Å². The van der Waals surface area contributed by atoms with Crippen LogP contribution in [0.3, 0.4) is 0 Å². The smallest absolute Gasteiger partial charge is 0.242 e. The molecule has 0 atom stereocenters. The van der Waals surface area contributed by atoms with Gasteiger partial charge < -0.3 is 31.1 Å². The summed E-state index contributed by atoms with van der Waals surface area (Å²) in [5.74, 6) is -0.0200. The zero-order valence-electron chi connectivity index (χ0n) is 20.6. The number of piperidine rings is 1. The summed E-state index contributed by atoms with van der Waals surface area (Å²) in [5.41, 5.74) is 8.14. The summed E-state index contributed by atoms with van der Waals surface area (Å²) in [4.78, 5) is 39.7. The van der Waals surface area contributed by atoms with Gasteiger partial charge in [0.25, 0.3) is 0 Å². The Hall–Kier alpha value is -3.26. The highest BCUT2D eigenvalue weighted by molar-refractivity contribution is 7.24. The van der Waals surface area contributed by atoms with E-state index in [2.05, 4.69) is 15.6 Å². The molecule has 198 valence electrons. The van der Waals surface area contributed by atoms with Crippen LogP contribution in [0.5, 0.6) is 0 Å². The van der Waals surface area contributed by atoms with Gasteiger partial charge in [0.15, 0.2) is 16.2 Å². The number of thiazole rings is 2. The molecular weight excluding hydrogens is 517 g/mol. The van der Waals surface area contributed by atoms with Gasteiger partial charge >= 0.3 is 0 Å². The van der Waals surface area contributed by atoms with Gasteiger partial charge in [-0.25, -0.2) is 14.4 Å². The quantitative estimate of drug-likeness (QED) is 0.271. The molecule has 2 saturated heterocycles. The summed E-state index contributed by atoms with van der Waals surface area (Å²) in [7, 11) is 0. The van der Waals surface area contributed by atoms with Crippen LogP contribution >= 0.6 is 22.7 Å². The molecule has 2 fully saturated rings. The third kappa shape index (κ3) is 5.54. The zero-order chi connectivity index (χ0) is 26.1. The minimum absolute atomic E-state index is 0.0128. The molecule has 0 radical (unpaired) electrons. The number of guanidine groups is 1. The molecule has 2 aliphatic rings. The van der Waals surface area contributed by atoms with Crippen molar-refractivity contribution in [2.45, 2.75) is 25.9 Å². The van der Waals surface area contributed by atoms with Crippen molar-refractivity contribution >= 4 is 71.1 Å². The number of nitrogens with one attached hydrogen (secondary N) is 3. The maximum absolute atomic E-state index is 13.3. The number of amides is 2. The predicted molar refractivity (Wildman–Crippen MR) is 145 cm³/mol. The fourth-order valence-electron chi connectivity index (χ4n) is 4.60. The molecule has 0 aliphatic carbocycles. The van der Waals surface area contributed by atoms with E-state index in [-0.39, 0.29) is 30.9 Å². The molecule has 0 spiro atoms. The molecular formula is C23H30FN9O2S2. The number of hydrogen-bond acceptors (Lipinski definition) is 9. The lowest BCUT2D eigenvalue weighted by Crippen LogP contribution is -2.53. The molecule has 3 aromatic rings. The van der Waals surface area contributed by atoms with Crippen LogP contribution < -0.4 is 16.4 Å². The van der Waals surface area contributed by atoms with E-state index in [0.717, 1.165) is 26.0 Å². The topological polar surface area (TPSA) is 144 Å². The number of alkyl halides is 1. The SMILES string of the molecule is Cc1c2nc(NCC(=O)N3CCC(F)CC3)sc2cc2sc(NCC(=O)N3CCN(C(=N)N)CC3)nc12. The maximum atomic E-state index is 13.3. The van der Waals surface area contributed by atoms with Gasteiger partial charge in [0.2, 0.25) is 11.8 Å². The summed E-state index contributed by atoms with van der Waals surface area (Å²) in [5, 5.41) is 15.1. The van der Waals surface area contributed by atoms with Crippen LogP contribution in [0.1, 0.15) is 18.4 Å². The van der Waals surface area contributed by atoms with Gasteiger partial charge in [-0.2, -0.15) is 0 Å². The molecule has 1 aromatic carbocycles. The van der Waals surface area contributed by atoms with Gasteiger partial charge in [-0.05, 0) is 25.8 Å². The number of benzene rings is 1. The average Bonchev–Trinajstić information content (AvgIpc) is 3.50. The third-order valence-electron chi connectivity index (χ3n) is 6.81. The minimum atomic E-state index is -0.808. The van der Waals surface area contributed by atoms with Crippen LogP contribution in [0.2, 0.25) is 0 Å². The van der Waals surface area contributed by atoms with Gasteiger partial charge in [-0.3, -0.25) is 15.0 Å². The van der Waals surface area contributed by atoms with Crippen LogP contribution in [0.4, 0.5) is 14.7 Å². The monoisotopic (exact) mass is 547 g/mol. The summed E-state index contributed by atoms with van der Waals surface area (Å²) >= 11 is 2.97. The normalized spacial score (nSPS) is 17.0. The van der Waals surface area contributed by atoms with Gasteiger partial charge in [-0.1, -0.05) is 22.7 Å². The molecule has 0 bridgehead atoms. The number of halogens is 1. The average molecular weight is 548 g/mol. The van der Waals surface area contributed by atoms with E-state index in [0.29, 0.717) is 62.4 Å². The highest BCUT2D eigenvalue weighted by atomic mass is 32.1. The molecule has 2 aliphatic heterocycles. The molecule has 0 saturated carbocycles. The third-order valence-corrected chi connectivity index (χ3v) is 8.73. The van der Waals surface area contributed by atoms with Crippen LogP contribution in [-0.4, -0.2) is 101 Å². The summed E-state index contributed by atoms with van der Waals surface area (Å²) in [6.07, 6.45) is -0.00424. The Labute approximate surface area is 221 Å². The Balaban J connectivity index is 1.20. The van der Waals surface area contributed by atoms with Crippen molar-refractivity contribution in [2.75, 3.05) is 63.0 Å². The van der Waals surface area contributed by atoms with Crippen molar-refractivity contribution in [2.24, 2.45) is 5.73 Å². The van der Waals surface area contributed by atoms with Crippen LogP contribution in [0.15, 0.2) is 6.07 Å². The number of fused-ring (bicyclic) bond motifs is 2. The van der Waals surface area contributed by atoms with Crippen molar-refractivity contribution in [3.8, 4) is 0 Å². The number of carbonyl (C=O) groups excluding carboxylic acids is 2.